The van der Waals surface area contributed by atoms with Crippen LogP contribution >= 0.6 is 15.9 Å². The summed E-state index contributed by atoms with van der Waals surface area (Å²) in [4.78, 5) is 12.4. The van der Waals surface area contributed by atoms with Crippen LogP contribution in [0.5, 0.6) is 5.75 Å². The van der Waals surface area contributed by atoms with Crippen LogP contribution in [0.4, 0.5) is 5.69 Å². The van der Waals surface area contributed by atoms with Crippen molar-refractivity contribution < 1.29 is 17.9 Å². The van der Waals surface area contributed by atoms with Crippen molar-refractivity contribution >= 4 is 37.5 Å². The summed E-state index contributed by atoms with van der Waals surface area (Å²) in [6, 6.07) is 9.86. The van der Waals surface area contributed by atoms with Crippen LogP contribution in [-0.2, 0) is 14.8 Å². The van der Waals surface area contributed by atoms with Gasteiger partial charge in [-0.25, -0.2) is 13.1 Å². The largest absolute Gasteiger partial charge is 0.484 e. The number of unbranched alkanes of at least 4 members (excludes halogenated alkanes) is 1. The van der Waals surface area contributed by atoms with E-state index in [9.17, 15) is 13.2 Å². The van der Waals surface area contributed by atoms with E-state index in [0.717, 1.165) is 34.1 Å². The molecule has 0 saturated heterocycles. The Labute approximate surface area is 174 Å². The number of anilines is 1. The van der Waals surface area contributed by atoms with Crippen molar-refractivity contribution in [3.8, 4) is 5.75 Å². The van der Waals surface area contributed by atoms with E-state index in [-0.39, 0.29) is 17.4 Å². The van der Waals surface area contributed by atoms with Crippen molar-refractivity contribution in [3.63, 3.8) is 0 Å². The lowest BCUT2D eigenvalue weighted by Crippen LogP contribution is -2.24. The highest BCUT2D eigenvalue weighted by molar-refractivity contribution is 9.10. The van der Waals surface area contributed by atoms with Crippen molar-refractivity contribution in [3.05, 3.63) is 52.0 Å². The minimum atomic E-state index is -3.52. The lowest BCUT2D eigenvalue weighted by molar-refractivity contribution is -0.118. The molecule has 2 aromatic carbocycles. The second-order valence-electron chi connectivity index (χ2n) is 6.47. The summed E-state index contributed by atoms with van der Waals surface area (Å²) in [5.74, 6) is 0.137. The van der Waals surface area contributed by atoms with E-state index in [1.165, 1.54) is 24.3 Å². The molecule has 2 rings (SSSR count). The van der Waals surface area contributed by atoms with Crippen LogP contribution in [0, 0.1) is 13.8 Å². The fourth-order valence-electron chi connectivity index (χ4n) is 2.61. The highest BCUT2D eigenvalue weighted by atomic mass is 79.9. The molecular formula is C20H25BrN2O4S. The molecule has 0 spiro atoms. The Morgan fingerprint density at radius 3 is 2.29 bits per heavy atom. The maximum atomic E-state index is 12.2. The Morgan fingerprint density at radius 1 is 1.11 bits per heavy atom. The van der Waals surface area contributed by atoms with E-state index < -0.39 is 10.0 Å². The van der Waals surface area contributed by atoms with Gasteiger partial charge in [-0.15, -0.1) is 0 Å². The van der Waals surface area contributed by atoms with Gasteiger partial charge < -0.3 is 10.1 Å². The summed E-state index contributed by atoms with van der Waals surface area (Å²) in [5.41, 5.74) is 2.66. The van der Waals surface area contributed by atoms with Crippen molar-refractivity contribution in [1.82, 2.24) is 4.72 Å². The predicted molar refractivity (Wildman–Crippen MR) is 114 cm³/mol. The summed E-state index contributed by atoms with van der Waals surface area (Å²) in [5, 5.41) is 2.85. The highest BCUT2D eigenvalue weighted by Crippen LogP contribution is 2.25. The topological polar surface area (TPSA) is 84.5 Å². The maximum absolute atomic E-state index is 12.2. The summed E-state index contributed by atoms with van der Waals surface area (Å²) in [6.45, 7) is 6.07. The number of carbonyl (C=O) groups excluding carboxylic acids is 1. The molecule has 0 radical (unpaired) electrons. The standard InChI is InChI=1S/C20H25BrN2O4S/c1-4-5-10-22-28(25,26)18-8-6-17(7-9-18)27-13-19(24)23-20-14(2)11-16(21)12-15(20)3/h6-9,11-12,22H,4-5,10,13H2,1-3H3,(H,23,24). The van der Waals surface area contributed by atoms with Gasteiger partial charge in [-0.05, 0) is 67.8 Å². The number of amides is 1. The molecule has 2 aromatic rings. The molecule has 2 N–H and O–H groups in total. The molecule has 0 heterocycles. The van der Waals surface area contributed by atoms with Gasteiger partial charge in [0.05, 0.1) is 4.90 Å². The van der Waals surface area contributed by atoms with Crippen molar-refractivity contribution in [1.29, 1.82) is 0 Å². The van der Waals surface area contributed by atoms with Crippen LogP contribution < -0.4 is 14.8 Å². The van der Waals surface area contributed by atoms with Gasteiger partial charge in [0.15, 0.2) is 6.61 Å². The summed E-state index contributed by atoms with van der Waals surface area (Å²) in [6.07, 6.45) is 1.70. The number of benzene rings is 2. The smallest absolute Gasteiger partial charge is 0.262 e. The van der Waals surface area contributed by atoms with Gasteiger partial charge in [0.25, 0.3) is 5.91 Å². The number of carbonyl (C=O) groups is 1. The first kappa shape index (κ1) is 22.4. The molecule has 0 bridgehead atoms. The lowest BCUT2D eigenvalue weighted by atomic mass is 10.1. The van der Waals surface area contributed by atoms with Gasteiger partial charge in [0.2, 0.25) is 10.0 Å². The lowest BCUT2D eigenvalue weighted by Gasteiger charge is -2.13. The Kier molecular flexibility index (Phi) is 8.03. The SMILES string of the molecule is CCCCNS(=O)(=O)c1ccc(OCC(=O)Nc2c(C)cc(Br)cc2C)cc1. The number of rotatable bonds is 9. The van der Waals surface area contributed by atoms with Crippen LogP contribution in [0.1, 0.15) is 30.9 Å². The van der Waals surface area contributed by atoms with Gasteiger partial charge in [0, 0.05) is 16.7 Å². The number of hydrogen-bond acceptors (Lipinski definition) is 4. The molecule has 152 valence electrons. The minimum absolute atomic E-state index is 0.168. The van der Waals surface area contributed by atoms with Gasteiger partial charge in [-0.1, -0.05) is 29.3 Å². The molecular weight excluding hydrogens is 444 g/mol. The number of hydrogen-bond donors (Lipinski definition) is 2. The second kappa shape index (κ2) is 10.0. The molecule has 0 aliphatic heterocycles. The average molecular weight is 469 g/mol. The van der Waals surface area contributed by atoms with Crippen LogP contribution in [-0.4, -0.2) is 27.5 Å². The van der Waals surface area contributed by atoms with Gasteiger partial charge in [-0.3, -0.25) is 4.79 Å². The normalized spacial score (nSPS) is 11.3. The summed E-state index contributed by atoms with van der Waals surface area (Å²) in [7, 11) is -3.52. The molecule has 0 aliphatic carbocycles. The molecule has 8 heteroatoms. The first-order valence-electron chi connectivity index (χ1n) is 9.02. The highest BCUT2D eigenvalue weighted by Gasteiger charge is 2.14. The van der Waals surface area contributed by atoms with Gasteiger partial charge in [-0.2, -0.15) is 0 Å². The number of sulfonamides is 1. The van der Waals surface area contributed by atoms with E-state index in [0.29, 0.717) is 12.3 Å². The quantitative estimate of drug-likeness (QED) is 0.541. The Hall–Kier alpha value is -1.90. The number of ether oxygens (including phenoxy) is 1. The first-order valence-corrected chi connectivity index (χ1v) is 11.3. The molecule has 0 aliphatic rings. The fraction of sp³-hybridized carbons (Fsp3) is 0.350. The molecule has 0 saturated carbocycles. The molecule has 1 amide bonds. The van der Waals surface area contributed by atoms with Crippen molar-refractivity contribution in [2.75, 3.05) is 18.5 Å². The van der Waals surface area contributed by atoms with Crippen LogP contribution in [0.15, 0.2) is 45.8 Å². The third-order valence-electron chi connectivity index (χ3n) is 4.09. The maximum Gasteiger partial charge on any atom is 0.262 e. The van der Waals surface area contributed by atoms with Crippen molar-refractivity contribution in [2.45, 2.75) is 38.5 Å². The first-order chi connectivity index (χ1) is 13.2. The van der Waals surface area contributed by atoms with E-state index in [1.807, 2.05) is 32.9 Å². The monoisotopic (exact) mass is 468 g/mol. The average Bonchev–Trinajstić information content (AvgIpc) is 2.63. The molecule has 6 nitrogen and oxygen atoms in total. The zero-order chi connectivity index (χ0) is 20.7. The zero-order valence-corrected chi connectivity index (χ0v) is 18.6. The van der Waals surface area contributed by atoms with E-state index >= 15 is 0 Å². The van der Waals surface area contributed by atoms with Crippen LogP contribution in [0.25, 0.3) is 0 Å². The Bertz CT molecular complexity index is 905. The molecule has 0 fully saturated rings. The van der Waals surface area contributed by atoms with Gasteiger partial charge >= 0.3 is 0 Å². The molecule has 0 atom stereocenters. The predicted octanol–water partition coefficient (Wildman–Crippen LogP) is 4.16. The number of aryl methyl sites for hydroxylation is 2. The van der Waals surface area contributed by atoms with E-state index in [4.69, 9.17) is 4.74 Å². The van der Waals surface area contributed by atoms with Gasteiger partial charge in [0.1, 0.15) is 5.75 Å². The van der Waals surface area contributed by atoms with E-state index in [1.54, 1.807) is 0 Å². The van der Waals surface area contributed by atoms with E-state index in [2.05, 4.69) is 26.0 Å². The number of halogens is 1. The third kappa shape index (κ3) is 6.32. The molecule has 0 aromatic heterocycles. The third-order valence-corrected chi connectivity index (χ3v) is 6.02. The molecule has 0 unspecified atom stereocenters. The van der Waals surface area contributed by atoms with Crippen molar-refractivity contribution in [2.24, 2.45) is 0 Å². The molecule has 28 heavy (non-hydrogen) atoms. The van der Waals surface area contributed by atoms with Crippen LogP contribution in [0.2, 0.25) is 0 Å². The minimum Gasteiger partial charge on any atom is -0.484 e. The Morgan fingerprint density at radius 2 is 1.71 bits per heavy atom. The fourth-order valence-corrected chi connectivity index (χ4v) is 4.37. The summed E-state index contributed by atoms with van der Waals surface area (Å²) >= 11 is 3.43. The number of nitrogens with one attached hydrogen (secondary N) is 2. The second-order valence-corrected chi connectivity index (χ2v) is 9.16. The van der Waals surface area contributed by atoms with Crippen LogP contribution in [0.3, 0.4) is 0 Å². The Balaban J connectivity index is 1.94. The summed E-state index contributed by atoms with van der Waals surface area (Å²) < 4.78 is 33.3. The zero-order valence-electron chi connectivity index (χ0n) is 16.2.